The van der Waals surface area contributed by atoms with Crippen molar-refractivity contribution in [3.05, 3.63) is 34.7 Å². The van der Waals surface area contributed by atoms with Crippen molar-refractivity contribution in [1.29, 1.82) is 0 Å². The van der Waals surface area contributed by atoms with Gasteiger partial charge in [-0.05, 0) is 24.6 Å². The number of rotatable bonds is 2. The first-order chi connectivity index (χ1) is 9.90. The molecule has 0 saturated carbocycles. The Morgan fingerprint density at radius 2 is 2.19 bits per heavy atom. The Hall–Kier alpha value is -1.99. The van der Waals surface area contributed by atoms with Gasteiger partial charge in [-0.2, -0.15) is 0 Å². The van der Waals surface area contributed by atoms with Gasteiger partial charge in [-0.15, -0.1) is 5.10 Å². The van der Waals surface area contributed by atoms with Crippen LogP contribution < -0.4 is 0 Å². The van der Waals surface area contributed by atoms with E-state index in [-0.39, 0.29) is 11.6 Å². The van der Waals surface area contributed by atoms with Crippen LogP contribution in [0.3, 0.4) is 0 Å². The van der Waals surface area contributed by atoms with E-state index in [1.54, 1.807) is 19.2 Å². The SMILES string of the molecule is Cc1cc(Cl)nc(-n2cc([C@]3(O)CCN(C)C3=O)nn2)c1. The average Bonchev–Trinajstić information content (AvgIpc) is 3.00. The highest BCUT2D eigenvalue weighted by molar-refractivity contribution is 6.29. The molecule has 1 N–H and O–H groups in total. The number of pyridine rings is 1. The topological polar surface area (TPSA) is 84.1 Å². The summed E-state index contributed by atoms with van der Waals surface area (Å²) < 4.78 is 1.40. The molecule has 1 aliphatic rings. The van der Waals surface area contributed by atoms with Gasteiger partial charge >= 0.3 is 0 Å². The molecule has 8 heteroatoms. The zero-order valence-corrected chi connectivity index (χ0v) is 12.4. The largest absolute Gasteiger partial charge is 0.374 e. The van der Waals surface area contributed by atoms with Gasteiger partial charge in [0, 0.05) is 20.0 Å². The van der Waals surface area contributed by atoms with Gasteiger partial charge < -0.3 is 10.0 Å². The Morgan fingerprint density at radius 1 is 1.43 bits per heavy atom. The van der Waals surface area contributed by atoms with Gasteiger partial charge in [0.15, 0.2) is 11.4 Å². The molecule has 1 amide bonds. The molecule has 0 bridgehead atoms. The lowest BCUT2D eigenvalue weighted by atomic mass is 9.99. The molecular weight excluding hydrogens is 294 g/mol. The van der Waals surface area contributed by atoms with E-state index in [9.17, 15) is 9.90 Å². The molecule has 7 nitrogen and oxygen atoms in total. The van der Waals surface area contributed by atoms with Crippen LogP contribution in [0.25, 0.3) is 5.82 Å². The normalized spacial score (nSPS) is 22.1. The summed E-state index contributed by atoms with van der Waals surface area (Å²) >= 11 is 5.92. The van der Waals surface area contributed by atoms with E-state index in [2.05, 4.69) is 15.3 Å². The van der Waals surface area contributed by atoms with Crippen LogP contribution in [0.15, 0.2) is 18.3 Å². The molecule has 0 radical (unpaired) electrons. The quantitative estimate of drug-likeness (QED) is 0.825. The molecule has 0 aromatic carbocycles. The predicted octanol–water partition coefficient (Wildman–Crippen LogP) is 0.674. The van der Waals surface area contributed by atoms with Crippen LogP contribution in [0.1, 0.15) is 17.7 Å². The molecule has 110 valence electrons. The summed E-state index contributed by atoms with van der Waals surface area (Å²) in [5.74, 6) is 0.117. The van der Waals surface area contributed by atoms with Crippen molar-refractivity contribution in [1.82, 2.24) is 24.9 Å². The van der Waals surface area contributed by atoms with E-state index >= 15 is 0 Å². The highest BCUT2D eigenvalue weighted by Crippen LogP contribution is 2.31. The first-order valence-electron chi connectivity index (χ1n) is 6.45. The van der Waals surface area contributed by atoms with Crippen molar-refractivity contribution in [3.8, 4) is 5.82 Å². The number of halogens is 1. The van der Waals surface area contributed by atoms with Gasteiger partial charge in [0.1, 0.15) is 10.8 Å². The van der Waals surface area contributed by atoms with Crippen LogP contribution in [0.2, 0.25) is 5.15 Å². The Bertz CT molecular complexity index is 696. The van der Waals surface area contributed by atoms with Crippen molar-refractivity contribution in [2.24, 2.45) is 0 Å². The van der Waals surface area contributed by atoms with Crippen LogP contribution in [0.5, 0.6) is 0 Å². The first kappa shape index (κ1) is 14.0. The Labute approximate surface area is 126 Å². The molecule has 3 rings (SSSR count). The van der Waals surface area contributed by atoms with Crippen molar-refractivity contribution in [3.63, 3.8) is 0 Å². The van der Waals surface area contributed by atoms with E-state index < -0.39 is 5.60 Å². The van der Waals surface area contributed by atoms with Crippen molar-refractivity contribution < 1.29 is 9.90 Å². The number of amides is 1. The Morgan fingerprint density at radius 3 is 2.81 bits per heavy atom. The van der Waals surface area contributed by atoms with E-state index in [1.807, 2.05) is 6.92 Å². The third-order valence-electron chi connectivity index (χ3n) is 3.59. The first-order valence-corrected chi connectivity index (χ1v) is 6.83. The number of nitrogens with zero attached hydrogens (tertiary/aromatic N) is 5. The molecule has 21 heavy (non-hydrogen) atoms. The van der Waals surface area contributed by atoms with Crippen LogP contribution in [0.4, 0.5) is 0 Å². The fraction of sp³-hybridized carbons (Fsp3) is 0.385. The van der Waals surface area contributed by atoms with Crippen molar-refractivity contribution >= 4 is 17.5 Å². The summed E-state index contributed by atoms with van der Waals surface area (Å²) in [6, 6.07) is 3.52. The molecule has 1 fully saturated rings. The molecule has 1 aliphatic heterocycles. The molecule has 3 heterocycles. The molecule has 0 spiro atoms. The molecule has 1 atom stereocenters. The molecule has 2 aromatic heterocycles. The van der Waals surface area contributed by atoms with Gasteiger partial charge in [0.05, 0.1) is 6.20 Å². The number of likely N-dealkylation sites (tertiary alicyclic amines) is 1. The minimum absolute atomic E-state index is 0.219. The summed E-state index contributed by atoms with van der Waals surface area (Å²) in [6.45, 7) is 2.37. The Kier molecular flexibility index (Phi) is 3.18. The van der Waals surface area contributed by atoms with E-state index in [4.69, 9.17) is 11.6 Å². The zero-order valence-electron chi connectivity index (χ0n) is 11.6. The lowest BCUT2D eigenvalue weighted by Crippen LogP contribution is -2.36. The molecule has 0 aliphatic carbocycles. The average molecular weight is 308 g/mol. The van der Waals surface area contributed by atoms with Crippen molar-refractivity contribution in [2.75, 3.05) is 13.6 Å². The van der Waals surface area contributed by atoms with Crippen LogP contribution in [-0.4, -0.2) is 49.5 Å². The summed E-state index contributed by atoms with van der Waals surface area (Å²) in [4.78, 5) is 17.7. The third-order valence-corrected chi connectivity index (χ3v) is 3.78. The van der Waals surface area contributed by atoms with Gasteiger partial charge in [-0.1, -0.05) is 16.8 Å². The highest BCUT2D eigenvalue weighted by Gasteiger charge is 2.47. The minimum atomic E-state index is -1.61. The predicted molar refractivity (Wildman–Crippen MR) is 75.1 cm³/mol. The van der Waals surface area contributed by atoms with Gasteiger partial charge in [-0.3, -0.25) is 4.79 Å². The summed E-state index contributed by atoms with van der Waals surface area (Å²) in [5, 5.41) is 18.7. The number of carbonyl (C=O) groups excluding carboxylic acids is 1. The number of aromatic nitrogens is 4. The lowest BCUT2D eigenvalue weighted by molar-refractivity contribution is -0.143. The highest BCUT2D eigenvalue weighted by atomic mass is 35.5. The molecular formula is C13H14ClN5O2. The van der Waals surface area contributed by atoms with Crippen LogP contribution >= 0.6 is 11.6 Å². The molecule has 1 saturated heterocycles. The zero-order chi connectivity index (χ0) is 15.2. The van der Waals surface area contributed by atoms with Gasteiger partial charge in [-0.25, -0.2) is 9.67 Å². The minimum Gasteiger partial charge on any atom is -0.374 e. The third kappa shape index (κ3) is 2.28. The second kappa shape index (κ2) is 4.78. The fourth-order valence-electron chi connectivity index (χ4n) is 2.38. The smallest absolute Gasteiger partial charge is 0.260 e. The second-order valence-corrected chi connectivity index (χ2v) is 5.60. The summed E-state index contributed by atoms with van der Waals surface area (Å²) in [5.41, 5.74) is -0.464. The Balaban J connectivity index is 1.99. The fourth-order valence-corrected chi connectivity index (χ4v) is 2.64. The summed E-state index contributed by atoms with van der Waals surface area (Å²) in [7, 11) is 1.65. The second-order valence-electron chi connectivity index (χ2n) is 5.21. The lowest BCUT2D eigenvalue weighted by Gasteiger charge is -2.17. The van der Waals surface area contributed by atoms with E-state index in [0.717, 1.165) is 5.56 Å². The maximum Gasteiger partial charge on any atom is 0.260 e. The van der Waals surface area contributed by atoms with Crippen LogP contribution in [0, 0.1) is 6.92 Å². The van der Waals surface area contributed by atoms with Crippen molar-refractivity contribution in [2.45, 2.75) is 18.9 Å². The van der Waals surface area contributed by atoms with Gasteiger partial charge in [0.2, 0.25) is 0 Å². The van der Waals surface area contributed by atoms with E-state index in [1.165, 1.54) is 15.8 Å². The maximum atomic E-state index is 12.0. The molecule has 2 aromatic rings. The number of hydrogen-bond acceptors (Lipinski definition) is 5. The number of hydrogen-bond donors (Lipinski definition) is 1. The van der Waals surface area contributed by atoms with Crippen LogP contribution in [-0.2, 0) is 10.4 Å². The van der Waals surface area contributed by atoms with E-state index in [0.29, 0.717) is 23.9 Å². The number of aryl methyl sites for hydroxylation is 1. The standard InChI is InChI=1S/C13H14ClN5O2/c1-8-5-10(14)15-11(6-8)19-7-9(16-17-19)13(21)3-4-18(2)12(13)20/h5-7,21H,3-4H2,1-2H3/t13-/m1/s1. The number of likely N-dealkylation sites (N-methyl/N-ethyl adjacent to an activating group) is 1. The maximum absolute atomic E-state index is 12.0. The van der Waals surface area contributed by atoms with Gasteiger partial charge in [0.25, 0.3) is 5.91 Å². The molecule has 0 unspecified atom stereocenters. The number of carbonyl (C=O) groups is 1. The summed E-state index contributed by atoms with van der Waals surface area (Å²) in [6.07, 6.45) is 1.80. The number of aliphatic hydroxyl groups is 1. The monoisotopic (exact) mass is 307 g/mol.